The second-order valence-corrected chi connectivity index (χ2v) is 3.93. The van der Waals surface area contributed by atoms with Crippen LogP contribution in [0, 0.1) is 11.3 Å². The molecular weight excluding hydrogens is 233 g/mol. The summed E-state index contributed by atoms with van der Waals surface area (Å²) in [6.45, 7) is 1.93. The molecule has 1 N–H and O–H groups in total. The van der Waals surface area contributed by atoms with Gasteiger partial charge in [0, 0.05) is 12.7 Å². The Morgan fingerprint density at radius 2 is 2.18 bits per heavy atom. The van der Waals surface area contributed by atoms with Crippen molar-refractivity contribution in [3.63, 3.8) is 0 Å². The van der Waals surface area contributed by atoms with Crippen molar-refractivity contribution in [2.45, 2.75) is 31.6 Å². The molecule has 1 atom stereocenters. The number of aromatic nitrogens is 2. The average molecular weight is 246 g/mol. The molecule has 0 saturated carbocycles. The van der Waals surface area contributed by atoms with E-state index in [1.807, 2.05) is 0 Å². The quantitative estimate of drug-likeness (QED) is 0.881. The molecule has 0 spiro atoms. The monoisotopic (exact) mass is 246 g/mol. The van der Waals surface area contributed by atoms with Crippen molar-refractivity contribution in [2.24, 2.45) is 0 Å². The molecule has 0 aliphatic rings. The molecule has 1 aromatic heterocycles. The van der Waals surface area contributed by atoms with Gasteiger partial charge in [-0.25, -0.2) is 0 Å². The first kappa shape index (κ1) is 13.5. The molecule has 0 radical (unpaired) electrons. The van der Waals surface area contributed by atoms with E-state index in [1.165, 1.54) is 4.68 Å². The maximum absolute atomic E-state index is 12.3. The fraction of sp³-hybridized carbons (Fsp3) is 0.600. The second kappa shape index (κ2) is 4.75. The SMILES string of the molecule is CNC(C)(C#N)CCn1cc(C(F)(F)F)cn1. The summed E-state index contributed by atoms with van der Waals surface area (Å²) in [6, 6.07) is 2.06. The molecule has 0 amide bonds. The highest BCUT2D eigenvalue weighted by molar-refractivity contribution is 5.09. The van der Waals surface area contributed by atoms with Crippen LogP contribution in [0.25, 0.3) is 0 Å². The number of rotatable bonds is 4. The Hall–Kier alpha value is -1.55. The smallest absolute Gasteiger partial charge is 0.303 e. The van der Waals surface area contributed by atoms with Gasteiger partial charge in [0.05, 0.1) is 17.8 Å². The first-order chi connectivity index (χ1) is 7.80. The first-order valence-corrected chi connectivity index (χ1v) is 5.00. The lowest BCUT2D eigenvalue weighted by atomic mass is 10.0. The van der Waals surface area contributed by atoms with Gasteiger partial charge in [0.2, 0.25) is 0 Å². The van der Waals surface area contributed by atoms with Crippen LogP contribution >= 0.6 is 0 Å². The van der Waals surface area contributed by atoms with Gasteiger partial charge < -0.3 is 5.32 Å². The number of halogens is 3. The summed E-state index contributed by atoms with van der Waals surface area (Å²) in [6.07, 6.45) is -2.28. The van der Waals surface area contributed by atoms with Gasteiger partial charge >= 0.3 is 6.18 Å². The van der Waals surface area contributed by atoms with E-state index in [-0.39, 0.29) is 6.54 Å². The molecule has 0 saturated heterocycles. The van der Waals surface area contributed by atoms with Gasteiger partial charge in [-0.3, -0.25) is 4.68 Å². The van der Waals surface area contributed by atoms with E-state index < -0.39 is 17.3 Å². The Morgan fingerprint density at radius 3 is 2.59 bits per heavy atom. The van der Waals surface area contributed by atoms with Crippen LogP contribution in [0.3, 0.4) is 0 Å². The summed E-state index contributed by atoms with van der Waals surface area (Å²) in [5, 5.41) is 15.3. The minimum Gasteiger partial charge on any atom is -0.303 e. The Bertz CT molecular complexity index is 418. The fourth-order valence-corrected chi connectivity index (χ4v) is 1.21. The van der Waals surface area contributed by atoms with Gasteiger partial charge in [0.25, 0.3) is 0 Å². The van der Waals surface area contributed by atoms with E-state index >= 15 is 0 Å². The maximum atomic E-state index is 12.3. The summed E-state index contributed by atoms with van der Waals surface area (Å²) >= 11 is 0. The highest BCUT2D eigenvalue weighted by Crippen LogP contribution is 2.28. The Balaban J connectivity index is 2.66. The maximum Gasteiger partial charge on any atom is 0.419 e. The Kier molecular flexibility index (Phi) is 3.78. The van der Waals surface area contributed by atoms with Crippen molar-refractivity contribution >= 4 is 0 Å². The molecule has 1 rings (SSSR count). The summed E-state index contributed by atoms with van der Waals surface area (Å²) in [4.78, 5) is 0. The molecule has 0 aliphatic carbocycles. The minimum absolute atomic E-state index is 0.251. The van der Waals surface area contributed by atoms with Gasteiger partial charge in [-0.2, -0.15) is 23.5 Å². The zero-order valence-corrected chi connectivity index (χ0v) is 9.54. The molecule has 0 fully saturated rings. The Labute approximate surface area is 97.0 Å². The molecule has 1 unspecified atom stereocenters. The zero-order valence-electron chi connectivity index (χ0n) is 9.54. The predicted molar refractivity (Wildman–Crippen MR) is 54.9 cm³/mol. The van der Waals surface area contributed by atoms with E-state index in [9.17, 15) is 13.2 Å². The zero-order chi connectivity index (χ0) is 13.1. The van der Waals surface area contributed by atoms with Crippen molar-refractivity contribution in [1.82, 2.24) is 15.1 Å². The highest BCUT2D eigenvalue weighted by atomic mass is 19.4. The van der Waals surface area contributed by atoms with E-state index in [2.05, 4.69) is 16.5 Å². The summed E-state index contributed by atoms with van der Waals surface area (Å²) in [5.41, 5.74) is -1.54. The Morgan fingerprint density at radius 1 is 1.53 bits per heavy atom. The molecule has 4 nitrogen and oxygen atoms in total. The fourth-order valence-electron chi connectivity index (χ4n) is 1.21. The van der Waals surface area contributed by atoms with Gasteiger partial charge in [-0.1, -0.05) is 0 Å². The third kappa shape index (κ3) is 3.46. The molecule has 0 bridgehead atoms. The van der Waals surface area contributed by atoms with Crippen LogP contribution in [0.1, 0.15) is 18.9 Å². The largest absolute Gasteiger partial charge is 0.419 e. The molecule has 17 heavy (non-hydrogen) atoms. The number of alkyl halides is 3. The highest BCUT2D eigenvalue weighted by Gasteiger charge is 2.32. The van der Waals surface area contributed by atoms with Crippen molar-refractivity contribution in [1.29, 1.82) is 5.26 Å². The molecule has 0 aliphatic heterocycles. The number of nitrogens with one attached hydrogen (secondary N) is 1. The molecule has 1 aromatic rings. The van der Waals surface area contributed by atoms with Crippen LogP contribution in [0.4, 0.5) is 13.2 Å². The van der Waals surface area contributed by atoms with Gasteiger partial charge in [0.1, 0.15) is 5.54 Å². The van der Waals surface area contributed by atoms with Crippen LogP contribution < -0.4 is 5.32 Å². The molecule has 7 heteroatoms. The molecular formula is C10H13F3N4. The topological polar surface area (TPSA) is 53.6 Å². The first-order valence-electron chi connectivity index (χ1n) is 5.00. The summed E-state index contributed by atoms with van der Waals surface area (Å²) < 4.78 is 38.1. The lowest BCUT2D eigenvalue weighted by molar-refractivity contribution is -0.137. The van der Waals surface area contributed by atoms with E-state index in [0.29, 0.717) is 6.42 Å². The van der Waals surface area contributed by atoms with Gasteiger partial charge in [-0.05, 0) is 20.4 Å². The van der Waals surface area contributed by atoms with Crippen molar-refractivity contribution in [2.75, 3.05) is 7.05 Å². The van der Waals surface area contributed by atoms with Crippen molar-refractivity contribution in [3.05, 3.63) is 18.0 Å². The number of hydrogen-bond donors (Lipinski definition) is 1. The standard InChI is InChI=1S/C10H13F3N4/c1-9(7-14,15-2)3-4-17-6-8(5-16-17)10(11,12)13/h5-6,15H,3-4H2,1-2H3. The molecule has 94 valence electrons. The minimum atomic E-state index is -4.38. The number of hydrogen-bond acceptors (Lipinski definition) is 3. The third-order valence-corrected chi connectivity index (χ3v) is 2.60. The van der Waals surface area contributed by atoms with Gasteiger partial charge in [0.15, 0.2) is 0 Å². The average Bonchev–Trinajstić information content (AvgIpc) is 2.74. The normalized spacial score (nSPS) is 15.3. The number of aryl methyl sites for hydroxylation is 1. The van der Waals surface area contributed by atoms with Crippen LogP contribution in [0.5, 0.6) is 0 Å². The van der Waals surface area contributed by atoms with E-state index in [4.69, 9.17) is 5.26 Å². The van der Waals surface area contributed by atoms with Crippen LogP contribution in [0.15, 0.2) is 12.4 Å². The van der Waals surface area contributed by atoms with Crippen LogP contribution in [-0.2, 0) is 12.7 Å². The van der Waals surface area contributed by atoms with E-state index in [1.54, 1.807) is 14.0 Å². The third-order valence-electron chi connectivity index (χ3n) is 2.60. The van der Waals surface area contributed by atoms with E-state index in [0.717, 1.165) is 12.4 Å². The van der Waals surface area contributed by atoms with Crippen molar-refractivity contribution in [3.8, 4) is 6.07 Å². The summed E-state index contributed by atoms with van der Waals surface area (Å²) in [5.74, 6) is 0. The summed E-state index contributed by atoms with van der Waals surface area (Å²) in [7, 11) is 1.63. The van der Waals surface area contributed by atoms with Crippen molar-refractivity contribution < 1.29 is 13.2 Å². The van der Waals surface area contributed by atoms with Crippen LogP contribution in [-0.4, -0.2) is 22.4 Å². The van der Waals surface area contributed by atoms with Gasteiger partial charge in [-0.15, -0.1) is 0 Å². The lowest BCUT2D eigenvalue weighted by Crippen LogP contribution is -2.39. The lowest BCUT2D eigenvalue weighted by Gasteiger charge is -2.20. The number of nitrogens with zero attached hydrogens (tertiary/aromatic N) is 3. The van der Waals surface area contributed by atoms with Crippen LogP contribution in [0.2, 0.25) is 0 Å². The molecule has 0 aromatic carbocycles. The number of nitriles is 1. The second-order valence-electron chi connectivity index (χ2n) is 3.93. The predicted octanol–water partition coefficient (Wildman–Crippen LogP) is 1.79. The molecule has 1 heterocycles.